The van der Waals surface area contributed by atoms with E-state index in [0.29, 0.717) is 5.82 Å². The Morgan fingerprint density at radius 2 is 1.80 bits per heavy atom. The molecule has 0 aliphatic heterocycles. The van der Waals surface area contributed by atoms with E-state index in [4.69, 9.17) is 0 Å². The van der Waals surface area contributed by atoms with Crippen molar-refractivity contribution in [2.24, 2.45) is 0 Å². The van der Waals surface area contributed by atoms with Crippen molar-refractivity contribution in [1.29, 1.82) is 0 Å². The molecule has 2 rings (SSSR count). The SMILES string of the molecule is Cc1cccc(CCc2nnc(CO)n2C(C)(C)C)c1. The van der Waals surface area contributed by atoms with Crippen molar-refractivity contribution in [2.45, 2.75) is 52.7 Å². The number of hydrogen-bond acceptors (Lipinski definition) is 3. The highest BCUT2D eigenvalue weighted by Crippen LogP contribution is 2.20. The molecule has 0 bridgehead atoms. The monoisotopic (exact) mass is 273 g/mol. The van der Waals surface area contributed by atoms with E-state index in [9.17, 15) is 5.11 Å². The van der Waals surface area contributed by atoms with Gasteiger partial charge in [-0.15, -0.1) is 10.2 Å². The third kappa shape index (κ3) is 3.25. The van der Waals surface area contributed by atoms with E-state index < -0.39 is 0 Å². The van der Waals surface area contributed by atoms with Crippen molar-refractivity contribution in [3.63, 3.8) is 0 Å². The maximum Gasteiger partial charge on any atom is 0.159 e. The number of aromatic nitrogens is 3. The van der Waals surface area contributed by atoms with E-state index in [-0.39, 0.29) is 12.1 Å². The van der Waals surface area contributed by atoms with Crippen LogP contribution in [0.5, 0.6) is 0 Å². The van der Waals surface area contributed by atoms with E-state index >= 15 is 0 Å². The van der Waals surface area contributed by atoms with E-state index in [1.54, 1.807) is 0 Å². The number of benzene rings is 1. The van der Waals surface area contributed by atoms with Gasteiger partial charge in [-0.25, -0.2) is 0 Å². The fraction of sp³-hybridized carbons (Fsp3) is 0.500. The van der Waals surface area contributed by atoms with Gasteiger partial charge >= 0.3 is 0 Å². The van der Waals surface area contributed by atoms with Gasteiger partial charge in [0.05, 0.1) is 0 Å². The second-order valence-corrected chi connectivity index (χ2v) is 6.19. The largest absolute Gasteiger partial charge is 0.388 e. The fourth-order valence-electron chi connectivity index (χ4n) is 2.52. The quantitative estimate of drug-likeness (QED) is 0.931. The predicted octanol–water partition coefficient (Wildman–Crippen LogP) is 2.62. The zero-order chi connectivity index (χ0) is 14.8. The van der Waals surface area contributed by atoms with Crippen LogP contribution in [0.15, 0.2) is 24.3 Å². The van der Waals surface area contributed by atoms with Crippen LogP contribution in [0.2, 0.25) is 0 Å². The summed E-state index contributed by atoms with van der Waals surface area (Å²) in [5, 5.41) is 17.7. The molecule has 4 nitrogen and oxygen atoms in total. The predicted molar refractivity (Wildman–Crippen MR) is 79.5 cm³/mol. The van der Waals surface area contributed by atoms with Crippen LogP contribution in [0.4, 0.5) is 0 Å². The second-order valence-electron chi connectivity index (χ2n) is 6.19. The molecule has 0 aliphatic carbocycles. The summed E-state index contributed by atoms with van der Waals surface area (Å²) in [5.41, 5.74) is 2.46. The minimum absolute atomic E-state index is 0.0747. The van der Waals surface area contributed by atoms with Crippen LogP contribution < -0.4 is 0 Å². The Balaban J connectivity index is 2.20. The lowest BCUT2D eigenvalue weighted by molar-refractivity contribution is 0.247. The summed E-state index contributed by atoms with van der Waals surface area (Å²) in [5.74, 6) is 1.57. The van der Waals surface area contributed by atoms with Gasteiger partial charge in [-0.2, -0.15) is 0 Å². The smallest absolute Gasteiger partial charge is 0.159 e. The summed E-state index contributed by atoms with van der Waals surface area (Å²) in [6.07, 6.45) is 1.76. The van der Waals surface area contributed by atoms with Crippen LogP contribution >= 0.6 is 0 Å². The first kappa shape index (κ1) is 14.7. The Kier molecular flexibility index (Phi) is 4.23. The second kappa shape index (κ2) is 5.75. The molecular formula is C16H23N3O. The van der Waals surface area contributed by atoms with Gasteiger partial charge in [-0.1, -0.05) is 29.8 Å². The molecule has 108 valence electrons. The zero-order valence-corrected chi connectivity index (χ0v) is 12.7. The van der Waals surface area contributed by atoms with Crippen LogP contribution in [0.3, 0.4) is 0 Å². The van der Waals surface area contributed by atoms with Gasteiger partial charge in [-0.05, 0) is 39.7 Å². The number of aliphatic hydroxyl groups excluding tert-OH is 1. The van der Waals surface area contributed by atoms with Crippen LogP contribution in [-0.4, -0.2) is 19.9 Å². The molecule has 0 amide bonds. The number of nitrogens with zero attached hydrogens (tertiary/aromatic N) is 3. The van der Waals surface area contributed by atoms with Crippen LogP contribution in [0.1, 0.15) is 43.5 Å². The number of aryl methyl sites for hydroxylation is 3. The number of hydrogen-bond donors (Lipinski definition) is 1. The third-order valence-electron chi connectivity index (χ3n) is 3.33. The highest BCUT2D eigenvalue weighted by Gasteiger charge is 2.22. The Morgan fingerprint density at radius 1 is 1.10 bits per heavy atom. The maximum absolute atomic E-state index is 9.39. The highest BCUT2D eigenvalue weighted by atomic mass is 16.3. The lowest BCUT2D eigenvalue weighted by Crippen LogP contribution is -2.26. The normalized spacial score (nSPS) is 11.8. The first-order chi connectivity index (χ1) is 9.41. The Morgan fingerprint density at radius 3 is 2.40 bits per heavy atom. The lowest BCUT2D eigenvalue weighted by atomic mass is 10.1. The fourth-order valence-corrected chi connectivity index (χ4v) is 2.52. The number of aliphatic hydroxyl groups is 1. The van der Waals surface area contributed by atoms with Crippen molar-refractivity contribution in [3.8, 4) is 0 Å². The van der Waals surface area contributed by atoms with Gasteiger partial charge in [0.25, 0.3) is 0 Å². The van der Waals surface area contributed by atoms with E-state index in [1.807, 2.05) is 4.57 Å². The molecular weight excluding hydrogens is 250 g/mol. The van der Waals surface area contributed by atoms with Crippen molar-refractivity contribution in [1.82, 2.24) is 14.8 Å². The van der Waals surface area contributed by atoms with Gasteiger partial charge in [0, 0.05) is 12.0 Å². The number of rotatable bonds is 4. The highest BCUT2D eigenvalue weighted by molar-refractivity contribution is 5.22. The molecule has 20 heavy (non-hydrogen) atoms. The molecule has 1 N–H and O–H groups in total. The molecule has 0 atom stereocenters. The minimum Gasteiger partial charge on any atom is -0.388 e. The average molecular weight is 273 g/mol. The average Bonchev–Trinajstić information content (AvgIpc) is 2.79. The zero-order valence-electron chi connectivity index (χ0n) is 12.7. The standard InChI is InChI=1S/C16H23N3O/c1-12-6-5-7-13(10-12)8-9-14-17-18-15(11-20)19(14)16(2,3)4/h5-7,10,20H,8-9,11H2,1-4H3. The summed E-state index contributed by atoms with van der Waals surface area (Å²) in [7, 11) is 0. The molecule has 1 aromatic carbocycles. The topological polar surface area (TPSA) is 50.9 Å². The van der Waals surface area contributed by atoms with Gasteiger partial charge in [-0.3, -0.25) is 0 Å². The van der Waals surface area contributed by atoms with Crippen LogP contribution in [0, 0.1) is 6.92 Å². The van der Waals surface area contributed by atoms with Crippen molar-refractivity contribution >= 4 is 0 Å². The molecule has 0 aliphatic rings. The van der Waals surface area contributed by atoms with Crippen molar-refractivity contribution < 1.29 is 5.11 Å². The molecule has 0 unspecified atom stereocenters. The maximum atomic E-state index is 9.39. The molecule has 0 fully saturated rings. The minimum atomic E-state index is -0.122. The van der Waals surface area contributed by atoms with Gasteiger partial charge < -0.3 is 9.67 Å². The molecule has 0 saturated carbocycles. The summed E-state index contributed by atoms with van der Waals surface area (Å²) in [6.45, 7) is 8.34. The van der Waals surface area contributed by atoms with Gasteiger partial charge in [0.2, 0.25) is 0 Å². The summed E-state index contributed by atoms with van der Waals surface area (Å²) in [6, 6.07) is 8.52. The van der Waals surface area contributed by atoms with Crippen molar-refractivity contribution in [2.75, 3.05) is 0 Å². The van der Waals surface area contributed by atoms with Crippen LogP contribution in [0.25, 0.3) is 0 Å². The molecule has 1 heterocycles. The molecule has 1 aromatic heterocycles. The van der Waals surface area contributed by atoms with Gasteiger partial charge in [0.15, 0.2) is 5.82 Å². The Hall–Kier alpha value is -1.68. The Labute approximate surface area is 120 Å². The van der Waals surface area contributed by atoms with Crippen molar-refractivity contribution in [3.05, 3.63) is 47.0 Å². The van der Waals surface area contributed by atoms with Crippen LogP contribution in [-0.2, 0) is 25.0 Å². The first-order valence-corrected chi connectivity index (χ1v) is 7.02. The lowest BCUT2D eigenvalue weighted by Gasteiger charge is -2.24. The summed E-state index contributed by atoms with van der Waals surface area (Å²) >= 11 is 0. The first-order valence-electron chi connectivity index (χ1n) is 7.02. The Bertz CT molecular complexity index is 582. The van der Waals surface area contributed by atoms with E-state index in [0.717, 1.165) is 18.7 Å². The molecule has 0 saturated heterocycles. The van der Waals surface area contributed by atoms with E-state index in [1.165, 1.54) is 11.1 Å². The molecule has 2 aromatic rings. The molecule has 4 heteroatoms. The van der Waals surface area contributed by atoms with Gasteiger partial charge in [0.1, 0.15) is 12.4 Å². The summed E-state index contributed by atoms with van der Waals surface area (Å²) < 4.78 is 2.04. The molecule has 0 radical (unpaired) electrons. The third-order valence-corrected chi connectivity index (χ3v) is 3.33. The van der Waals surface area contributed by atoms with E-state index in [2.05, 4.69) is 62.2 Å². The molecule has 0 spiro atoms. The summed E-state index contributed by atoms with van der Waals surface area (Å²) in [4.78, 5) is 0.